The van der Waals surface area contributed by atoms with Crippen molar-refractivity contribution < 1.29 is 5.11 Å². The molecule has 0 unspecified atom stereocenters. The van der Waals surface area contributed by atoms with Gasteiger partial charge in [0.2, 0.25) is 0 Å². The molecule has 0 atom stereocenters. The summed E-state index contributed by atoms with van der Waals surface area (Å²) in [4.78, 5) is 3.83. The summed E-state index contributed by atoms with van der Waals surface area (Å²) in [6, 6.07) is 1.60. The van der Waals surface area contributed by atoms with Gasteiger partial charge in [-0.15, -0.1) is 0 Å². The molecule has 0 bridgehead atoms. The smallest absolute Gasteiger partial charge is 0.136 e. The van der Waals surface area contributed by atoms with Gasteiger partial charge in [-0.05, 0) is 19.9 Å². The Hall–Kier alpha value is -0.310. The second-order valence-electron chi connectivity index (χ2n) is 3.02. The van der Waals surface area contributed by atoms with Crippen LogP contribution in [0.5, 0.6) is 0 Å². The second kappa shape index (κ2) is 3.21. The third kappa shape index (κ3) is 1.89. The van der Waals surface area contributed by atoms with Gasteiger partial charge in [0.1, 0.15) is 5.15 Å². The first-order valence-corrected chi connectivity index (χ1v) is 4.21. The minimum atomic E-state index is -1.05. The summed E-state index contributed by atoms with van der Waals surface area (Å²) in [6.07, 6.45) is 1.50. The van der Waals surface area contributed by atoms with Gasteiger partial charge in [0.25, 0.3) is 0 Å². The van der Waals surface area contributed by atoms with E-state index in [0.717, 1.165) is 0 Å². The molecule has 66 valence electrons. The fourth-order valence-corrected chi connectivity index (χ4v) is 1.77. The fourth-order valence-electron chi connectivity index (χ4n) is 0.959. The number of hydrogen-bond donors (Lipinski definition) is 1. The topological polar surface area (TPSA) is 33.1 Å². The van der Waals surface area contributed by atoms with Gasteiger partial charge < -0.3 is 5.11 Å². The molecule has 1 rings (SSSR count). The summed E-state index contributed by atoms with van der Waals surface area (Å²) in [7, 11) is 0. The third-order valence-corrected chi connectivity index (χ3v) is 2.07. The van der Waals surface area contributed by atoms with Crippen LogP contribution >= 0.6 is 23.2 Å². The Morgan fingerprint density at radius 3 is 2.33 bits per heavy atom. The van der Waals surface area contributed by atoms with Gasteiger partial charge in [0.15, 0.2) is 0 Å². The van der Waals surface area contributed by atoms with E-state index in [-0.39, 0.29) is 5.15 Å². The Morgan fingerprint density at radius 1 is 1.42 bits per heavy atom. The van der Waals surface area contributed by atoms with E-state index in [4.69, 9.17) is 23.2 Å². The SMILES string of the molecule is CC(C)(O)c1c(Cl)ccnc1Cl. The lowest BCUT2D eigenvalue weighted by Crippen LogP contribution is -2.17. The summed E-state index contributed by atoms with van der Waals surface area (Å²) in [5.41, 5.74) is -0.587. The van der Waals surface area contributed by atoms with E-state index >= 15 is 0 Å². The number of aromatic nitrogens is 1. The minimum absolute atomic E-state index is 0.245. The van der Waals surface area contributed by atoms with Crippen molar-refractivity contribution in [2.24, 2.45) is 0 Å². The van der Waals surface area contributed by atoms with Gasteiger partial charge in [-0.2, -0.15) is 0 Å². The first-order valence-electron chi connectivity index (χ1n) is 3.46. The van der Waals surface area contributed by atoms with Crippen LogP contribution in [0.2, 0.25) is 10.2 Å². The lowest BCUT2D eigenvalue weighted by molar-refractivity contribution is 0.0785. The highest BCUT2D eigenvalue weighted by molar-refractivity contribution is 6.35. The van der Waals surface area contributed by atoms with E-state index in [1.54, 1.807) is 19.9 Å². The number of hydrogen-bond acceptors (Lipinski definition) is 2. The summed E-state index contributed by atoms with van der Waals surface area (Å²) in [6.45, 7) is 3.23. The highest BCUT2D eigenvalue weighted by Gasteiger charge is 2.23. The molecule has 1 aromatic rings. The van der Waals surface area contributed by atoms with Crippen LogP contribution in [0.1, 0.15) is 19.4 Å². The van der Waals surface area contributed by atoms with E-state index in [2.05, 4.69) is 4.98 Å². The molecule has 1 aromatic heterocycles. The Balaban J connectivity index is 3.31. The molecule has 2 nitrogen and oxygen atoms in total. The van der Waals surface area contributed by atoms with Crippen molar-refractivity contribution in [3.8, 4) is 0 Å². The maximum absolute atomic E-state index is 9.64. The van der Waals surface area contributed by atoms with Crippen LogP contribution in [-0.4, -0.2) is 10.1 Å². The molecular weight excluding hydrogens is 197 g/mol. The number of aliphatic hydroxyl groups is 1. The van der Waals surface area contributed by atoms with Crippen molar-refractivity contribution in [3.63, 3.8) is 0 Å². The Kier molecular flexibility index (Phi) is 2.61. The molecule has 0 saturated carbocycles. The van der Waals surface area contributed by atoms with Crippen molar-refractivity contribution in [1.29, 1.82) is 0 Å². The second-order valence-corrected chi connectivity index (χ2v) is 3.78. The molecular formula is C8H9Cl2NO. The van der Waals surface area contributed by atoms with Crippen molar-refractivity contribution in [1.82, 2.24) is 4.98 Å². The van der Waals surface area contributed by atoms with E-state index in [9.17, 15) is 5.11 Å². The predicted octanol–water partition coefficient (Wildman–Crippen LogP) is 2.62. The van der Waals surface area contributed by atoms with Crippen LogP contribution in [0.3, 0.4) is 0 Å². The van der Waals surface area contributed by atoms with Crippen molar-refractivity contribution in [2.45, 2.75) is 19.4 Å². The Bertz CT molecular complexity index is 273. The molecule has 0 aliphatic carbocycles. The average molecular weight is 206 g/mol. The summed E-state index contributed by atoms with van der Waals surface area (Å²) < 4.78 is 0. The van der Waals surface area contributed by atoms with E-state index in [1.165, 1.54) is 6.20 Å². The van der Waals surface area contributed by atoms with Crippen molar-refractivity contribution >= 4 is 23.2 Å². The Morgan fingerprint density at radius 2 is 2.00 bits per heavy atom. The summed E-state index contributed by atoms with van der Waals surface area (Å²) >= 11 is 11.6. The zero-order valence-electron chi connectivity index (χ0n) is 6.81. The Labute approximate surface area is 81.1 Å². The lowest BCUT2D eigenvalue weighted by atomic mass is 10.0. The molecule has 0 radical (unpaired) electrons. The van der Waals surface area contributed by atoms with E-state index in [1.807, 2.05) is 0 Å². The molecule has 1 N–H and O–H groups in total. The summed E-state index contributed by atoms with van der Waals surface area (Å²) in [5, 5.41) is 10.3. The van der Waals surface area contributed by atoms with Gasteiger partial charge in [-0.1, -0.05) is 23.2 Å². The minimum Gasteiger partial charge on any atom is -0.386 e. The zero-order chi connectivity index (χ0) is 9.35. The molecule has 0 aliphatic rings. The van der Waals surface area contributed by atoms with Crippen LogP contribution in [0.25, 0.3) is 0 Å². The maximum atomic E-state index is 9.64. The maximum Gasteiger partial charge on any atom is 0.136 e. The van der Waals surface area contributed by atoms with Gasteiger partial charge in [0, 0.05) is 11.8 Å². The van der Waals surface area contributed by atoms with Crippen molar-refractivity contribution in [2.75, 3.05) is 0 Å². The molecule has 1 heterocycles. The largest absolute Gasteiger partial charge is 0.386 e. The molecule has 0 amide bonds. The number of nitrogens with zero attached hydrogens (tertiary/aromatic N) is 1. The van der Waals surface area contributed by atoms with Gasteiger partial charge in [-0.3, -0.25) is 0 Å². The van der Waals surface area contributed by atoms with Gasteiger partial charge >= 0.3 is 0 Å². The normalized spacial score (nSPS) is 11.8. The summed E-state index contributed by atoms with van der Waals surface area (Å²) in [5.74, 6) is 0. The van der Waals surface area contributed by atoms with Crippen LogP contribution in [0.15, 0.2) is 12.3 Å². The van der Waals surface area contributed by atoms with Crippen LogP contribution in [0.4, 0.5) is 0 Å². The molecule has 4 heteroatoms. The third-order valence-electron chi connectivity index (χ3n) is 1.47. The molecule has 12 heavy (non-hydrogen) atoms. The highest BCUT2D eigenvalue weighted by Crippen LogP contribution is 2.31. The van der Waals surface area contributed by atoms with Gasteiger partial charge in [0.05, 0.1) is 10.6 Å². The molecule has 0 fully saturated rings. The van der Waals surface area contributed by atoms with Gasteiger partial charge in [-0.25, -0.2) is 4.98 Å². The first-order chi connectivity index (χ1) is 5.43. The number of halogens is 2. The van der Waals surface area contributed by atoms with Crippen LogP contribution in [-0.2, 0) is 5.60 Å². The fraction of sp³-hybridized carbons (Fsp3) is 0.375. The van der Waals surface area contributed by atoms with Crippen molar-refractivity contribution in [3.05, 3.63) is 28.0 Å². The average Bonchev–Trinajstić information content (AvgIpc) is 1.82. The highest BCUT2D eigenvalue weighted by atomic mass is 35.5. The van der Waals surface area contributed by atoms with E-state index in [0.29, 0.717) is 10.6 Å². The predicted molar refractivity (Wildman–Crippen MR) is 49.5 cm³/mol. The zero-order valence-corrected chi connectivity index (χ0v) is 8.32. The monoisotopic (exact) mass is 205 g/mol. The molecule has 0 saturated heterocycles. The lowest BCUT2D eigenvalue weighted by Gasteiger charge is -2.19. The van der Waals surface area contributed by atoms with E-state index < -0.39 is 5.60 Å². The molecule has 0 spiro atoms. The first kappa shape index (κ1) is 9.78. The number of pyridine rings is 1. The standard InChI is InChI=1S/C8H9Cl2NO/c1-8(2,12)6-5(9)3-4-11-7(6)10/h3-4,12H,1-2H3. The quantitative estimate of drug-likeness (QED) is 0.716. The molecule has 0 aromatic carbocycles. The van der Waals surface area contributed by atoms with Crippen LogP contribution < -0.4 is 0 Å². The number of rotatable bonds is 1. The molecule has 0 aliphatic heterocycles. The van der Waals surface area contributed by atoms with Crippen LogP contribution in [0, 0.1) is 0 Å².